The zero-order valence-electron chi connectivity index (χ0n) is 20.8. The van der Waals surface area contributed by atoms with Gasteiger partial charge in [-0.3, -0.25) is 4.79 Å². The van der Waals surface area contributed by atoms with Crippen LogP contribution < -0.4 is 19.9 Å². The van der Waals surface area contributed by atoms with Crippen LogP contribution in [0.3, 0.4) is 0 Å². The fourth-order valence-electron chi connectivity index (χ4n) is 4.81. The maximum absolute atomic E-state index is 13.1. The summed E-state index contributed by atoms with van der Waals surface area (Å²) in [6.45, 7) is 6.23. The Labute approximate surface area is 212 Å². The zero-order chi connectivity index (χ0) is 24.7. The lowest BCUT2D eigenvalue weighted by Gasteiger charge is -2.34. The van der Waals surface area contributed by atoms with Gasteiger partial charge in [0, 0.05) is 63.9 Å². The maximum Gasteiger partial charge on any atom is 0.263 e. The van der Waals surface area contributed by atoms with Crippen molar-refractivity contribution >= 4 is 17.4 Å². The third kappa shape index (κ3) is 5.94. The summed E-state index contributed by atoms with van der Waals surface area (Å²) in [5, 5.41) is 3.15. The second kappa shape index (κ2) is 11.4. The minimum Gasteiger partial charge on any atom is -0.436 e. The van der Waals surface area contributed by atoms with Crippen molar-refractivity contribution in [1.82, 2.24) is 20.2 Å². The second-order valence-electron chi connectivity index (χ2n) is 9.56. The number of hydrogen-bond acceptors (Lipinski definition) is 7. The minimum absolute atomic E-state index is 0.0808. The average molecular weight is 487 g/mol. The summed E-state index contributed by atoms with van der Waals surface area (Å²) in [7, 11) is 2.17. The molecule has 2 aromatic carbocycles. The predicted octanol–water partition coefficient (Wildman–Crippen LogP) is 3.55. The zero-order valence-corrected chi connectivity index (χ0v) is 20.8. The lowest BCUT2D eigenvalue weighted by atomic mass is 9.97. The number of piperidine rings is 1. The molecule has 0 spiro atoms. The highest BCUT2D eigenvalue weighted by Crippen LogP contribution is 2.31. The topological polar surface area (TPSA) is 73.8 Å². The summed E-state index contributed by atoms with van der Waals surface area (Å²) in [6.07, 6.45) is 5.08. The number of carbonyl (C=O) groups excluding carboxylic acids is 1. The molecule has 188 valence electrons. The van der Waals surface area contributed by atoms with Gasteiger partial charge in [-0.1, -0.05) is 30.3 Å². The Hall–Kier alpha value is -3.65. The normalized spacial score (nSPS) is 18.6. The molecule has 1 amide bonds. The second-order valence-corrected chi connectivity index (χ2v) is 9.56. The number of benzene rings is 2. The number of aromatic nitrogens is 2. The first kappa shape index (κ1) is 24.1. The van der Waals surface area contributed by atoms with Crippen molar-refractivity contribution in [2.24, 2.45) is 5.92 Å². The number of nitrogens with zero attached hydrogens (tertiary/aromatic N) is 5. The highest BCUT2D eigenvalue weighted by molar-refractivity contribution is 5.79. The molecule has 0 radical (unpaired) electrons. The molecule has 3 heterocycles. The van der Waals surface area contributed by atoms with E-state index < -0.39 is 0 Å². The Bertz CT molecular complexity index is 1130. The van der Waals surface area contributed by atoms with E-state index in [9.17, 15) is 4.79 Å². The van der Waals surface area contributed by atoms with Crippen molar-refractivity contribution in [3.63, 3.8) is 0 Å². The van der Waals surface area contributed by atoms with E-state index in [4.69, 9.17) is 4.74 Å². The molecule has 5 rings (SSSR count). The molecule has 8 nitrogen and oxygen atoms in total. The quantitative estimate of drug-likeness (QED) is 0.547. The summed E-state index contributed by atoms with van der Waals surface area (Å²) in [5.74, 6) is 1.83. The largest absolute Gasteiger partial charge is 0.436 e. The molecule has 0 unspecified atom stereocenters. The van der Waals surface area contributed by atoms with Crippen molar-refractivity contribution in [2.45, 2.75) is 19.4 Å². The van der Waals surface area contributed by atoms with Crippen LogP contribution in [-0.4, -0.2) is 67.1 Å². The van der Waals surface area contributed by atoms with Gasteiger partial charge in [-0.25, -0.2) is 9.97 Å². The van der Waals surface area contributed by atoms with Gasteiger partial charge in [-0.2, -0.15) is 0 Å². The molecule has 1 aromatic heterocycles. The van der Waals surface area contributed by atoms with Crippen LogP contribution in [0.5, 0.6) is 11.6 Å². The molecule has 2 fully saturated rings. The van der Waals surface area contributed by atoms with Gasteiger partial charge in [0.05, 0.1) is 5.92 Å². The van der Waals surface area contributed by atoms with Gasteiger partial charge in [0.25, 0.3) is 5.88 Å². The van der Waals surface area contributed by atoms with Gasteiger partial charge in [0.2, 0.25) is 5.91 Å². The number of amides is 1. The van der Waals surface area contributed by atoms with Gasteiger partial charge in [0.1, 0.15) is 5.75 Å². The van der Waals surface area contributed by atoms with Crippen molar-refractivity contribution in [1.29, 1.82) is 0 Å². The summed E-state index contributed by atoms with van der Waals surface area (Å²) in [4.78, 5) is 28.9. The lowest BCUT2D eigenvalue weighted by Crippen LogP contribution is -2.44. The molecule has 1 atom stereocenters. The molecule has 2 aliphatic heterocycles. The van der Waals surface area contributed by atoms with E-state index in [1.807, 2.05) is 30.3 Å². The molecule has 36 heavy (non-hydrogen) atoms. The highest BCUT2D eigenvalue weighted by atomic mass is 16.5. The first-order valence-corrected chi connectivity index (χ1v) is 12.7. The monoisotopic (exact) mass is 486 g/mol. The molecule has 3 aromatic rings. The number of piperazine rings is 1. The molecule has 1 N–H and O–H groups in total. The lowest BCUT2D eigenvalue weighted by molar-refractivity contribution is -0.125. The number of hydrogen-bond donors (Lipinski definition) is 1. The minimum atomic E-state index is -0.102. The summed E-state index contributed by atoms with van der Waals surface area (Å²) in [6, 6.07) is 18.1. The van der Waals surface area contributed by atoms with Gasteiger partial charge in [-0.05, 0) is 49.7 Å². The Kier molecular flexibility index (Phi) is 7.61. The molecule has 0 aliphatic carbocycles. The van der Waals surface area contributed by atoms with E-state index in [2.05, 4.69) is 61.3 Å². The van der Waals surface area contributed by atoms with E-state index in [0.717, 1.165) is 51.1 Å². The summed E-state index contributed by atoms with van der Waals surface area (Å²) in [5.41, 5.74) is 2.36. The van der Waals surface area contributed by atoms with Crippen LogP contribution >= 0.6 is 0 Å². The molecular formula is C28H34N6O2. The third-order valence-corrected chi connectivity index (χ3v) is 6.97. The first-order chi connectivity index (χ1) is 17.7. The average Bonchev–Trinajstić information content (AvgIpc) is 2.93. The van der Waals surface area contributed by atoms with Crippen molar-refractivity contribution < 1.29 is 9.53 Å². The fraction of sp³-hybridized carbons (Fsp3) is 0.393. The number of ether oxygens (including phenoxy) is 1. The maximum atomic E-state index is 13.1. The molecule has 2 aliphatic rings. The van der Waals surface area contributed by atoms with Crippen LogP contribution in [0.1, 0.15) is 18.4 Å². The van der Waals surface area contributed by atoms with Crippen LogP contribution in [0.2, 0.25) is 0 Å². The number of likely N-dealkylation sites (N-methyl/N-ethyl adjacent to an activating group) is 1. The number of nitrogens with one attached hydrogen (secondary N) is 1. The summed E-state index contributed by atoms with van der Waals surface area (Å²) < 4.78 is 6.00. The highest BCUT2D eigenvalue weighted by Gasteiger charge is 2.28. The van der Waals surface area contributed by atoms with Crippen LogP contribution in [0.25, 0.3) is 0 Å². The van der Waals surface area contributed by atoms with E-state index in [-0.39, 0.29) is 11.8 Å². The van der Waals surface area contributed by atoms with E-state index in [1.165, 1.54) is 5.69 Å². The standard InChI is InChI=1S/C28H34N6O2/c1-32-16-18-33(19-17-32)24-11-9-22(10-12-24)20-31-27(35)23-6-5-15-34(21-23)26-28(30-14-13-29-26)36-25-7-3-2-4-8-25/h2-4,7-14,23H,5-6,15-21H2,1H3,(H,31,35)/t23-/m0/s1. The number of para-hydroxylation sites is 1. The van der Waals surface area contributed by atoms with Gasteiger partial charge >= 0.3 is 0 Å². The Morgan fingerprint density at radius 3 is 2.47 bits per heavy atom. The molecule has 0 saturated carbocycles. The van der Waals surface area contributed by atoms with Crippen molar-refractivity contribution in [2.75, 3.05) is 56.1 Å². The van der Waals surface area contributed by atoms with Crippen LogP contribution in [-0.2, 0) is 11.3 Å². The van der Waals surface area contributed by atoms with Crippen LogP contribution in [0.4, 0.5) is 11.5 Å². The van der Waals surface area contributed by atoms with Gasteiger partial charge < -0.3 is 24.8 Å². The molecule has 0 bridgehead atoms. The fourth-order valence-corrected chi connectivity index (χ4v) is 4.81. The Morgan fingerprint density at radius 2 is 1.69 bits per heavy atom. The molecular weight excluding hydrogens is 452 g/mol. The van der Waals surface area contributed by atoms with E-state index in [0.29, 0.717) is 30.5 Å². The van der Waals surface area contributed by atoms with Crippen molar-refractivity contribution in [3.8, 4) is 11.6 Å². The predicted molar refractivity (Wildman–Crippen MR) is 141 cm³/mol. The van der Waals surface area contributed by atoms with Gasteiger partial charge in [0.15, 0.2) is 5.82 Å². The van der Waals surface area contributed by atoms with Crippen LogP contribution in [0, 0.1) is 5.92 Å². The van der Waals surface area contributed by atoms with Gasteiger partial charge in [-0.15, -0.1) is 0 Å². The molecule has 8 heteroatoms. The third-order valence-electron chi connectivity index (χ3n) is 6.97. The number of anilines is 2. The number of rotatable bonds is 7. The number of carbonyl (C=O) groups is 1. The summed E-state index contributed by atoms with van der Waals surface area (Å²) >= 11 is 0. The Morgan fingerprint density at radius 1 is 0.944 bits per heavy atom. The Balaban J connectivity index is 1.17. The molecule has 2 saturated heterocycles. The van der Waals surface area contributed by atoms with E-state index in [1.54, 1.807) is 12.4 Å². The van der Waals surface area contributed by atoms with E-state index >= 15 is 0 Å². The first-order valence-electron chi connectivity index (χ1n) is 12.7. The SMILES string of the molecule is CN1CCN(c2ccc(CNC(=O)[C@H]3CCCN(c4nccnc4Oc4ccccc4)C3)cc2)CC1. The van der Waals surface area contributed by atoms with Crippen LogP contribution in [0.15, 0.2) is 67.0 Å². The smallest absolute Gasteiger partial charge is 0.263 e. The van der Waals surface area contributed by atoms with Crippen molar-refractivity contribution in [3.05, 3.63) is 72.6 Å².